The van der Waals surface area contributed by atoms with Crippen LogP contribution in [-0.2, 0) is 14.9 Å². The molecule has 1 amide bonds. The van der Waals surface area contributed by atoms with Crippen LogP contribution in [0.3, 0.4) is 0 Å². The number of hydrogen-bond donors (Lipinski definition) is 2. The normalized spacial score (nSPS) is 13.2. The first-order valence-electron chi connectivity index (χ1n) is 4.32. The number of nitrogens with one attached hydrogen (secondary N) is 1. The number of amides is 1. The van der Waals surface area contributed by atoms with E-state index in [0.717, 1.165) is 11.4 Å². The van der Waals surface area contributed by atoms with Gasteiger partial charge < -0.3 is 10.5 Å². The Bertz CT molecular complexity index is 368. The van der Waals surface area contributed by atoms with Gasteiger partial charge in [-0.15, -0.1) is 0 Å². The average Bonchev–Trinajstić information content (AvgIpc) is 2.14. The number of hydrogen-bond acceptors (Lipinski definition) is 5. The molecule has 0 saturated carbocycles. The molecule has 0 aromatic carbocycles. The molecule has 7 nitrogen and oxygen atoms in total. The Morgan fingerprint density at radius 3 is 2.50 bits per heavy atom. The lowest BCUT2D eigenvalue weighted by molar-refractivity contribution is 0.177. The summed E-state index contributed by atoms with van der Waals surface area (Å²) >= 11 is 4.67. The van der Waals surface area contributed by atoms with E-state index >= 15 is 0 Å². The van der Waals surface area contributed by atoms with E-state index in [4.69, 9.17) is 5.73 Å². The molecule has 0 saturated heterocycles. The van der Waals surface area contributed by atoms with Gasteiger partial charge in [0.1, 0.15) is 0 Å². The standard InChI is InChI=1S/C7H15N3O4S2/c1-5(4-6(8)15)10(2)16(12,13)9-7(11)14-3/h5H,4H2,1-3H3,(H2,8,15)(H,9,11). The molecule has 1 atom stereocenters. The van der Waals surface area contributed by atoms with Crippen LogP contribution in [0.1, 0.15) is 13.3 Å². The van der Waals surface area contributed by atoms with Crippen LogP contribution in [0.5, 0.6) is 0 Å². The van der Waals surface area contributed by atoms with E-state index in [-0.39, 0.29) is 11.4 Å². The summed E-state index contributed by atoms with van der Waals surface area (Å²) in [7, 11) is -1.54. The molecule has 0 aromatic rings. The molecule has 0 heterocycles. The van der Waals surface area contributed by atoms with Gasteiger partial charge in [-0.2, -0.15) is 12.7 Å². The van der Waals surface area contributed by atoms with E-state index in [2.05, 4.69) is 17.0 Å². The molecule has 0 aromatic heterocycles. The number of carbonyl (C=O) groups excluding carboxylic acids is 1. The molecule has 0 spiro atoms. The second-order valence-electron chi connectivity index (χ2n) is 3.13. The Labute approximate surface area is 100 Å². The van der Waals surface area contributed by atoms with Crippen LogP contribution < -0.4 is 10.5 Å². The third-order valence-corrected chi connectivity index (χ3v) is 3.60. The monoisotopic (exact) mass is 269 g/mol. The van der Waals surface area contributed by atoms with Crippen molar-refractivity contribution in [3.05, 3.63) is 0 Å². The van der Waals surface area contributed by atoms with Crippen LogP contribution in [0.4, 0.5) is 4.79 Å². The van der Waals surface area contributed by atoms with Gasteiger partial charge in [-0.1, -0.05) is 12.2 Å². The van der Waals surface area contributed by atoms with Crippen LogP contribution in [0.15, 0.2) is 0 Å². The van der Waals surface area contributed by atoms with E-state index in [1.165, 1.54) is 7.05 Å². The summed E-state index contributed by atoms with van der Waals surface area (Å²) in [6, 6.07) is -0.445. The number of thiocarbonyl (C=S) groups is 1. The molecule has 9 heteroatoms. The second-order valence-corrected chi connectivity index (χ2v) is 5.39. The third kappa shape index (κ3) is 4.73. The van der Waals surface area contributed by atoms with Crippen LogP contribution in [0.2, 0.25) is 0 Å². The number of rotatable bonds is 5. The maximum Gasteiger partial charge on any atom is 0.421 e. The number of carbonyl (C=O) groups is 1. The number of methoxy groups -OCH3 is 1. The van der Waals surface area contributed by atoms with Crippen molar-refractivity contribution in [2.45, 2.75) is 19.4 Å². The van der Waals surface area contributed by atoms with E-state index in [0.29, 0.717) is 0 Å². The van der Waals surface area contributed by atoms with Gasteiger partial charge in [0, 0.05) is 19.5 Å². The van der Waals surface area contributed by atoms with Crippen LogP contribution in [0, 0.1) is 0 Å². The zero-order valence-corrected chi connectivity index (χ0v) is 10.9. The van der Waals surface area contributed by atoms with Crippen molar-refractivity contribution in [1.29, 1.82) is 0 Å². The van der Waals surface area contributed by atoms with Gasteiger partial charge in [0.05, 0.1) is 12.1 Å². The Morgan fingerprint density at radius 1 is 1.62 bits per heavy atom. The van der Waals surface area contributed by atoms with Crippen molar-refractivity contribution in [2.24, 2.45) is 5.73 Å². The van der Waals surface area contributed by atoms with Gasteiger partial charge in [0.25, 0.3) is 0 Å². The molecular weight excluding hydrogens is 254 g/mol. The van der Waals surface area contributed by atoms with Crippen molar-refractivity contribution in [2.75, 3.05) is 14.2 Å². The molecule has 0 bridgehead atoms. The Balaban J connectivity index is 4.63. The molecule has 0 aliphatic rings. The summed E-state index contributed by atoms with van der Waals surface area (Å²) in [5.74, 6) is 0. The molecule has 0 aliphatic heterocycles. The van der Waals surface area contributed by atoms with Gasteiger partial charge in [0.15, 0.2) is 0 Å². The first-order chi connectivity index (χ1) is 7.20. The quantitative estimate of drug-likeness (QED) is 0.657. The smallest absolute Gasteiger partial charge is 0.421 e. The molecule has 0 radical (unpaired) electrons. The molecular formula is C7H15N3O4S2. The van der Waals surface area contributed by atoms with Crippen molar-refractivity contribution < 1.29 is 17.9 Å². The summed E-state index contributed by atoms with van der Waals surface area (Å²) in [6.45, 7) is 1.62. The lowest BCUT2D eigenvalue weighted by Crippen LogP contribution is -2.46. The van der Waals surface area contributed by atoms with Crippen molar-refractivity contribution >= 4 is 33.5 Å². The molecule has 1 unspecified atom stereocenters. The molecule has 16 heavy (non-hydrogen) atoms. The third-order valence-electron chi connectivity index (χ3n) is 1.89. The van der Waals surface area contributed by atoms with E-state index in [1.54, 1.807) is 11.6 Å². The minimum atomic E-state index is -3.92. The predicted molar refractivity (Wildman–Crippen MR) is 63.1 cm³/mol. The fourth-order valence-electron chi connectivity index (χ4n) is 0.876. The lowest BCUT2D eigenvalue weighted by atomic mass is 10.2. The number of nitrogens with two attached hydrogens (primary N) is 1. The Kier molecular flexibility index (Phi) is 5.62. The summed E-state index contributed by atoms with van der Waals surface area (Å²) in [6.07, 6.45) is -0.817. The van der Waals surface area contributed by atoms with Gasteiger partial charge in [-0.3, -0.25) is 0 Å². The Hall–Kier alpha value is -0.930. The highest BCUT2D eigenvalue weighted by atomic mass is 32.2. The molecule has 0 aliphatic carbocycles. The second kappa shape index (κ2) is 5.97. The molecule has 94 valence electrons. The Morgan fingerprint density at radius 2 is 2.12 bits per heavy atom. The zero-order valence-electron chi connectivity index (χ0n) is 9.26. The zero-order chi connectivity index (χ0) is 12.9. The predicted octanol–water partition coefficient (Wildman–Crippen LogP) is -0.416. The fraction of sp³-hybridized carbons (Fsp3) is 0.714. The van der Waals surface area contributed by atoms with Gasteiger partial charge >= 0.3 is 16.3 Å². The van der Waals surface area contributed by atoms with E-state index in [1.807, 2.05) is 0 Å². The molecule has 0 fully saturated rings. The van der Waals surface area contributed by atoms with E-state index in [9.17, 15) is 13.2 Å². The van der Waals surface area contributed by atoms with E-state index < -0.39 is 22.3 Å². The molecule has 0 rings (SSSR count). The summed E-state index contributed by atoms with van der Waals surface area (Å²) in [5, 5.41) is 0. The van der Waals surface area contributed by atoms with Crippen molar-refractivity contribution in [3.8, 4) is 0 Å². The van der Waals surface area contributed by atoms with Crippen molar-refractivity contribution in [3.63, 3.8) is 0 Å². The largest absolute Gasteiger partial charge is 0.452 e. The van der Waals surface area contributed by atoms with Gasteiger partial charge in [0.2, 0.25) is 0 Å². The van der Waals surface area contributed by atoms with Crippen LogP contribution in [0.25, 0.3) is 0 Å². The maximum atomic E-state index is 11.6. The van der Waals surface area contributed by atoms with Crippen molar-refractivity contribution in [1.82, 2.24) is 9.03 Å². The lowest BCUT2D eigenvalue weighted by Gasteiger charge is -2.23. The highest BCUT2D eigenvalue weighted by molar-refractivity contribution is 7.87. The van der Waals surface area contributed by atoms with Gasteiger partial charge in [-0.25, -0.2) is 9.52 Å². The van der Waals surface area contributed by atoms with Crippen LogP contribution >= 0.6 is 12.2 Å². The number of nitrogens with zero attached hydrogens (tertiary/aromatic N) is 1. The molecule has 3 N–H and O–H groups in total. The van der Waals surface area contributed by atoms with Crippen LogP contribution in [-0.4, -0.2) is 44.0 Å². The summed E-state index contributed by atoms with van der Waals surface area (Å²) < 4.78 is 30.0. The summed E-state index contributed by atoms with van der Waals surface area (Å²) in [5.41, 5.74) is 5.30. The summed E-state index contributed by atoms with van der Waals surface area (Å²) in [4.78, 5) is 11.0. The first-order valence-corrected chi connectivity index (χ1v) is 6.17. The average molecular weight is 269 g/mol. The fourth-order valence-corrected chi connectivity index (χ4v) is 2.10. The van der Waals surface area contributed by atoms with Gasteiger partial charge in [-0.05, 0) is 6.92 Å². The topological polar surface area (TPSA) is 102 Å². The number of ether oxygens (including phenoxy) is 1. The first kappa shape index (κ1) is 15.1. The minimum absolute atomic E-state index is 0.201. The highest BCUT2D eigenvalue weighted by Crippen LogP contribution is 2.06. The minimum Gasteiger partial charge on any atom is -0.452 e. The highest BCUT2D eigenvalue weighted by Gasteiger charge is 2.25. The maximum absolute atomic E-state index is 11.6. The SMILES string of the molecule is COC(=O)NS(=O)(=O)N(C)C(C)CC(N)=S.